The fourth-order valence-electron chi connectivity index (χ4n) is 0.692. The van der Waals surface area contributed by atoms with Crippen LogP contribution >= 0.6 is 0 Å². The number of carbonyl (C=O) groups is 1. The van der Waals surface area contributed by atoms with E-state index in [1.165, 1.54) is 6.08 Å². The Hall–Kier alpha value is -1.64. The first-order chi connectivity index (χ1) is 5.84. The summed E-state index contributed by atoms with van der Waals surface area (Å²) < 4.78 is 4.76. The summed E-state index contributed by atoms with van der Waals surface area (Å²) in [5.74, 6) is -0.421. The molecule has 12 heavy (non-hydrogen) atoms. The van der Waals surface area contributed by atoms with Crippen molar-refractivity contribution in [3.63, 3.8) is 0 Å². The lowest BCUT2D eigenvalue weighted by molar-refractivity contribution is 0.0543. The van der Waals surface area contributed by atoms with E-state index in [1.807, 2.05) is 0 Å². The van der Waals surface area contributed by atoms with Gasteiger partial charge in [0.05, 0.1) is 0 Å². The molecule has 0 aliphatic rings. The molecule has 0 atom stereocenters. The second-order valence-electron chi connectivity index (χ2n) is 2.10. The third-order valence-corrected chi connectivity index (χ3v) is 1.21. The molecule has 0 unspecified atom stereocenters. The molecule has 0 N–H and O–H groups in total. The van der Waals surface area contributed by atoms with Gasteiger partial charge in [-0.1, -0.05) is 18.7 Å². The lowest BCUT2D eigenvalue weighted by Gasteiger charge is -1.98. The molecule has 0 saturated heterocycles. The van der Waals surface area contributed by atoms with Crippen molar-refractivity contribution in [2.24, 2.45) is 0 Å². The van der Waals surface area contributed by atoms with Crippen LogP contribution in [0.15, 0.2) is 37.1 Å². The first-order valence-corrected chi connectivity index (χ1v) is 3.53. The van der Waals surface area contributed by atoms with Gasteiger partial charge < -0.3 is 4.74 Å². The maximum absolute atomic E-state index is 11.1. The Morgan fingerprint density at radius 3 is 3.08 bits per heavy atom. The quantitative estimate of drug-likeness (QED) is 0.502. The van der Waals surface area contributed by atoms with Gasteiger partial charge in [0.2, 0.25) is 0 Å². The van der Waals surface area contributed by atoms with Gasteiger partial charge in [0, 0.05) is 6.20 Å². The summed E-state index contributed by atoms with van der Waals surface area (Å²) in [4.78, 5) is 14.9. The normalized spacial score (nSPS) is 9.00. The van der Waals surface area contributed by atoms with Crippen LogP contribution in [0.2, 0.25) is 0 Å². The van der Waals surface area contributed by atoms with E-state index in [-0.39, 0.29) is 6.61 Å². The van der Waals surface area contributed by atoms with E-state index < -0.39 is 5.97 Å². The number of nitrogens with zero attached hydrogens (tertiary/aromatic N) is 1. The summed E-state index contributed by atoms with van der Waals surface area (Å²) in [5, 5.41) is 0. The SMILES string of the molecule is C=CCO[14C](=O)c1ccccn1. The minimum Gasteiger partial charge on any atom is -0.457 e. The fraction of sp³-hybridized carbons (Fsp3) is 0.111. The van der Waals surface area contributed by atoms with Crippen LogP contribution in [-0.2, 0) is 4.74 Å². The van der Waals surface area contributed by atoms with Gasteiger partial charge in [-0.05, 0) is 12.1 Å². The highest BCUT2D eigenvalue weighted by Gasteiger charge is 2.05. The Morgan fingerprint density at radius 2 is 2.50 bits per heavy atom. The van der Waals surface area contributed by atoms with Crippen molar-refractivity contribution in [1.29, 1.82) is 0 Å². The number of pyridine rings is 1. The molecule has 1 aromatic heterocycles. The lowest BCUT2D eigenvalue weighted by atomic mass is 10.5. The monoisotopic (exact) mass is 165 g/mol. The van der Waals surface area contributed by atoms with Crippen molar-refractivity contribution < 1.29 is 9.53 Å². The molecule has 0 aliphatic carbocycles. The molecule has 0 spiro atoms. The molecule has 0 aromatic carbocycles. The number of hydrogen-bond acceptors (Lipinski definition) is 3. The number of ether oxygens (including phenoxy) is 1. The lowest BCUT2D eigenvalue weighted by Crippen LogP contribution is -2.06. The average molecular weight is 165 g/mol. The predicted molar refractivity (Wildman–Crippen MR) is 44.7 cm³/mol. The Kier molecular flexibility index (Phi) is 3.02. The number of hydrogen-bond donors (Lipinski definition) is 0. The van der Waals surface area contributed by atoms with E-state index in [1.54, 1.807) is 24.4 Å². The van der Waals surface area contributed by atoms with Gasteiger partial charge in [-0.15, -0.1) is 0 Å². The van der Waals surface area contributed by atoms with E-state index in [4.69, 9.17) is 4.74 Å². The van der Waals surface area contributed by atoms with Crippen LogP contribution in [0.1, 0.15) is 10.5 Å². The van der Waals surface area contributed by atoms with Crippen LogP contribution in [0.5, 0.6) is 0 Å². The molecule has 62 valence electrons. The van der Waals surface area contributed by atoms with Crippen LogP contribution in [0, 0.1) is 0 Å². The Bertz CT molecular complexity index is 269. The molecule has 0 fully saturated rings. The van der Waals surface area contributed by atoms with Gasteiger partial charge in [-0.2, -0.15) is 0 Å². The van der Waals surface area contributed by atoms with Gasteiger partial charge in [-0.25, -0.2) is 9.78 Å². The first-order valence-electron chi connectivity index (χ1n) is 3.53. The second-order valence-corrected chi connectivity index (χ2v) is 2.10. The molecule has 1 rings (SSSR count). The number of rotatable bonds is 3. The molecule has 1 aromatic rings. The van der Waals surface area contributed by atoms with E-state index in [9.17, 15) is 4.79 Å². The van der Waals surface area contributed by atoms with Crippen LogP contribution in [-0.4, -0.2) is 17.6 Å². The first kappa shape index (κ1) is 8.46. The van der Waals surface area contributed by atoms with Crippen LogP contribution in [0.25, 0.3) is 0 Å². The minimum absolute atomic E-state index is 0.218. The smallest absolute Gasteiger partial charge is 0.357 e. The average Bonchev–Trinajstić information content (AvgIpc) is 2.15. The number of carbonyl (C=O) groups excluding carboxylic acids is 1. The zero-order valence-corrected chi connectivity index (χ0v) is 6.56. The molecule has 3 nitrogen and oxygen atoms in total. The highest BCUT2D eigenvalue weighted by atomic mass is 16.8. The second kappa shape index (κ2) is 4.28. The molecule has 0 radical (unpaired) electrons. The van der Waals surface area contributed by atoms with Crippen LogP contribution in [0.4, 0.5) is 0 Å². The molecule has 3 heteroatoms. The van der Waals surface area contributed by atoms with E-state index in [0.29, 0.717) is 5.69 Å². The zero-order valence-electron chi connectivity index (χ0n) is 6.56. The van der Waals surface area contributed by atoms with Crippen LogP contribution in [0.3, 0.4) is 0 Å². The summed E-state index contributed by atoms with van der Waals surface area (Å²) >= 11 is 0. The van der Waals surface area contributed by atoms with Gasteiger partial charge in [0.1, 0.15) is 12.3 Å². The number of aromatic nitrogens is 1. The minimum atomic E-state index is -0.421. The zero-order chi connectivity index (χ0) is 8.81. The van der Waals surface area contributed by atoms with E-state index in [0.717, 1.165) is 0 Å². The van der Waals surface area contributed by atoms with Gasteiger partial charge in [0.25, 0.3) is 0 Å². The third kappa shape index (κ3) is 2.20. The molecule has 0 saturated carbocycles. The standard InChI is InChI=1S/C9H9NO2/c1-2-7-12-9(11)8-5-3-4-6-10-8/h2-6H,1,7H2/i9+2. The molecule has 0 bridgehead atoms. The highest BCUT2D eigenvalue weighted by Crippen LogP contribution is 1.95. The molecule has 0 amide bonds. The topological polar surface area (TPSA) is 39.2 Å². The molecular weight excluding hydrogens is 156 g/mol. The molecular formula is C9H9NO2. The van der Waals surface area contributed by atoms with E-state index in [2.05, 4.69) is 11.6 Å². The molecule has 0 aliphatic heterocycles. The van der Waals surface area contributed by atoms with Gasteiger partial charge in [0.15, 0.2) is 0 Å². The molecule has 1 heterocycles. The third-order valence-electron chi connectivity index (χ3n) is 1.21. The van der Waals surface area contributed by atoms with Crippen molar-refractivity contribution in [3.8, 4) is 0 Å². The summed E-state index contributed by atoms with van der Waals surface area (Å²) in [7, 11) is 0. The fourth-order valence-corrected chi connectivity index (χ4v) is 0.692. The van der Waals surface area contributed by atoms with Crippen molar-refractivity contribution in [2.45, 2.75) is 0 Å². The predicted octanol–water partition coefficient (Wildman–Crippen LogP) is 1.42. The summed E-state index contributed by atoms with van der Waals surface area (Å²) in [6, 6.07) is 5.08. The van der Waals surface area contributed by atoms with Crippen molar-refractivity contribution in [3.05, 3.63) is 42.7 Å². The summed E-state index contributed by atoms with van der Waals surface area (Å²) in [5.41, 5.74) is 0.319. The summed E-state index contributed by atoms with van der Waals surface area (Å²) in [6.45, 7) is 3.65. The van der Waals surface area contributed by atoms with Crippen molar-refractivity contribution in [1.82, 2.24) is 4.98 Å². The van der Waals surface area contributed by atoms with Gasteiger partial charge >= 0.3 is 5.97 Å². The maximum atomic E-state index is 11.1. The van der Waals surface area contributed by atoms with E-state index >= 15 is 0 Å². The van der Waals surface area contributed by atoms with Crippen molar-refractivity contribution in [2.75, 3.05) is 6.61 Å². The maximum Gasteiger partial charge on any atom is 0.357 e. The Balaban J connectivity index is 2.59. The van der Waals surface area contributed by atoms with Gasteiger partial charge in [-0.3, -0.25) is 0 Å². The highest BCUT2D eigenvalue weighted by molar-refractivity contribution is 5.87. The largest absolute Gasteiger partial charge is 0.457 e. The Morgan fingerprint density at radius 1 is 1.67 bits per heavy atom. The number of esters is 1. The van der Waals surface area contributed by atoms with Crippen LogP contribution < -0.4 is 0 Å². The Labute approximate surface area is 70.7 Å². The van der Waals surface area contributed by atoms with Crippen molar-refractivity contribution >= 4 is 5.97 Å². The summed E-state index contributed by atoms with van der Waals surface area (Å²) in [6.07, 6.45) is 3.06.